The van der Waals surface area contributed by atoms with E-state index < -0.39 is 26.6 Å². The lowest BCUT2D eigenvalue weighted by molar-refractivity contribution is -0.119. The highest BCUT2D eigenvalue weighted by Gasteiger charge is 2.32. The van der Waals surface area contributed by atoms with Gasteiger partial charge in [0, 0.05) is 37.4 Å². The van der Waals surface area contributed by atoms with Crippen LogP contribution < -0.4 is 5.32 Å². The quantitative estimate of drug-likeness (QED) is 0.814. The van der Waals surface area contributed by atoms with Gasteiger partial charge >= 0.3 is 0 Å². The number of piperidine rings is 1. The Hall–Kier alpha value is -1.91. The second kappa shape index (κ2) is 7.99. The Kier molecular flexibility index (Phi) is 5.87. The van der Waals surface area contributed by atoms with E-state index in [9.17, 15) is 22.0 Å². The molecular formula is C17H19F2N3O3S2. The van der Waals surface area contributed by atoms with Crippen molar-refractivity contribution in [3.8, 4) is 0 Å². The Balaban J connectivity index is 1.65. The second-order valence-electron chi connectivity index (χ2n) is 6.34. The SMILES string of the molecule is CC(=O)NCc1csc(C2CCN(S(=O)(=O)c3ccc(F)cc3F)CC2)n1. The first-order chi connectivity index (χ1) is 12.8. The molecule has 1 aliphatic heterocycles. The number of carbonyl (C=O) groups is 1. The fraction of sp³-hybridized carbons (Fsp3) is 0.412. The molecule has 1 aliphatic rings. The number of hydrogen-bond donors (Lipinski definition) is 1. The van der Waals surface area contributed by atoms with E-state index in [0.29, 0.717) is 25.5 Å². The summed E-state index contributed by atoms with van der Waals surface area (Å²) in [6, 6.07) is 2.47. The van der Waals surface area contributed by atoms with E-state index in [1.54, 1.807) is 0 Å². The van der Waals surface area contributed by atoms with Crippen LogP contribution in [0, 0.1) is 11.6 Å². The standard InChI is InChI=1S/C17H19F2N3O3S2/c1-11(23)20-9-14-10-26-17(21-14)12-4-6-22(7-5-12)27(24,25)16-3-2-13(18)8-15(16)19/h2-3,8,10,12H,4-7,9H2,1H3,(H,20,23). The van der Waals surface area contributed by atoms with Crippen molar-refractivity contribution in [2.24, 2.45) is 0 Å². The maximum atomic E-state index is 13.9. The van der Waals surface area contributed by atoms with Gasteiger partial charge in [0.05, 0.1) is 17.2 Å². The largest absolute Gasteiger partial charge is 0.351 e. The summed E-state index contributed by atoms with van der Waals surface area (Å²) in [6.07, 6.45) is 1.13. The molecule has 10 heteroatoms. The van der Waals surface area contributed by atoms with Gasteiger partial charge in [-0.25, -0.2) is 22.2 Å². The summed E-state index contributed by atoms with van der Waals surface area (Å²) in [4.78, 5) is 15.0. The molecule has 27 heavy (non-hydrogen) atoms. The molecule has 1 aromatic carbocycles. The number of nitrogens with one attached hydrogen (secondary N) is 1. The van der Waals surface area contributed by atoms with Crippen molar-refractivity contribution < 1.29 is 22.0 Å². The third-order valence-electron chi connectivity index (χ3n) is 4.40. The zero-order valence-corrected chi connectivity index (χ0v) is 16.2. The fourth-order valence-electron chi connectivity index (χ4n) is 2.97. The van der Waals surface area contributed by atoms with E-state index in [0.717, 1.165) is 22.8 Å². The highest BCUT2D eigenvalue weighted by Crippen LogP contribution is 2.33. The van der Waals surface area contributed by atoms with E-state index in [2.05, 4.69) is 10.3 Å². The number of halogens is 2. The fourth-order valence-corrected chi connectivity index (χ4v) is 5.48. The summed E-state index contributed by atoms with van der Waals surface area (Å²) in [6.45, 7) is 2.28. The van der Waals surface area contributed by atoms with E-state index in [1.165, 1.54) is 22.6 Å². The first-order valence-corrected chi connectivity index (χ1v) is 10.7. The number of hydrogen-bond acceptors (Lipinski definition) is 5. The number of sulfonamides is 1. The van der Waals surface area contributed by atoms with Crippen molar-refractivity contribution in [1.29, 1.82) is 0 Å². The minimum absolute atomic E-state index is 0.116. The van der Waals surface area contributed by atoms with Crippen LogP contribution in [0.15, 0.2) is 28.5 Å². The van der Waals surface area contributed by atoms with Crippen molar-refractivity contribution in [3.63, 3.8) is 0 Å². The van der Waals surface area contributed by atoms with E-state index in [-0.39, 0.29) is 24.9 Å². The molecule has 0 saturated carbocycles. The van der Waals surface area contributed by atoms with Gasteiger partial charge in [-0.2, -0.15) is 4.31 Å². The molecule has 0 radical (unpaired) electrons. The molecule has 0 spiro atoms. The number of benzene rings is 1. The first-order valence-electron chi connectivity index (χ1n) is 8.41. The van der Waals surface area contributed by atoms with Gasteiger partial charge in [0.25, 0.3) is 0 Å². The summed E-state index contributed by atoms with van der Waals surface area (Å²) < 4.78 is 53.4. The Bertz CT molecular complexity index is 939. The Labute approximate surface area is 160 Å². The molecule has 1 fully saturated rings. The molecule has 0 bridgehead atoms. The molecular weight excluding hydrogens is 396 g/mol. The number of thiazole rings is 1. The molecule has 1 N–H and O–H groups in total. The third kappa shape index (κ3) is 4.50. The molecule has 0 unspecified atom stereocenters. The first kappa shape index (κ1) is 19.8. The van der Waals surface area contributed by atoms with Gasteiger partial charge in [-0.3, -0.25) is 4.79 Å². The van der Waals surface area contributed by atoms with Gasteiger partial charge in [0.1, 0.15) is 16.5 Å². The van der Waals surface area contributed by atoms with Crippen LogP contribution in [-0.2, 0) is 21.4 Å². The van der Waals surface area contributed by atoms with Crippen LogP contribution in [0.25, 0.3) is 0 Å². The summed E-state index contributed by atoms with van der Waals surface area (Å²) in [5.41, 5.74) is 0.772. The van der Waals surface area contributed by atoms with Gasteiger partial charge in [-0.15, -0.1) is 11.3 Å². The molecule has 6 nitrogen and oxygen atoms in total. The average Bonchev–Trinajstić information content (AvgIpc) is 3.09. The monoisotopic (exact) mass is 415 g/mol. The van der Waals surface area contributed by atoms with Gasteiger partial charge in [0.15, 0.2) is 0 Å². The van der Waals surface area contributed by atoms with Crippen LogP contribution in [-0.4, -0.2) is 36.7 Å². The molecule has 1 saturated heterocycles. The van der Waals surface area contributed by atoms with E-state index >= 15 is 0 Å². The highest BCUT2D eigenvalue weighted by atomic mass is 32.2. The lowest BCUT2D eigenvalue weighted by atomic mass is 9.99. The number of amides is 1. The summed E-state index contributed by atoms with van der Waals surface area (Å²) in [7, 11) is -4.00. The lowest BCUT2D eigenvalue weighted by Gasteiger charge is -2.30. The predicted molar refractivity (Wildman–Crippen MR) is 96.7 cm³/mol. The highest BCUT2D eigenvalue weighted by molar-refractivity contribution is 7.89. The molecule has 1 aromatic heterocycles. The average molecular weight is 415 g/mol. The van der Waals surface area contributed by atoms with Gasteiger partial charge < -0.3 is 5.32 Å². The van der Waals surface area contributed by atoms with Crippen LogP contribution in [0.2, 0.25) is 0 Å². The minimum Gasteiger partial charge on any atom is -0.351 e. The van der Waals surface area contributed by atoms with Crippen molar-refractivity contribution in [2.75, 3.05) is 13.1 Å². The molecule has 0 aliphatic carbocycles. The van der Waals surface area contributed by atoms with Crippen LogP contribution in [0.1, 0.15) is 36.4 Å². The molecule has 146 valence electrons. The van der Waals surface area contributed by atoms with Gasteiger partial charge in [-0.05, 0) is 25.0 Å². The van der Waals surface area contributed by atoms with Crippen LogP contribution in [0.4, 0.5) is 8.78 Å². The Morgan fingerprint density at radius 1 is 1.33 bits per heavy atom. The summed E-state index contributed by atoms with van der Waals surface area (Å²) in [5.74, 6) is -1.91. The smallest absolute Gasteiger partial charge is 0.245 e. The molecule has 0 atom stereocenters. The van der Waals surface area contributed by atoms with E-state index in [4.69, 9.17) is 0 Å². The normalized spacial score (nSPS) is 16.4. The lowest BCUT2D eigenvalue weighted by Crippen LogP contribution is -2.38. The minimum atomic E-state index is -4.00. The maximum Gasteiger partial charge on any atom is 0.245 e. The van der Waals surface area contributed by atoms with E-state index in [1.807, 2.05) is 5.38 Å². The molecule has 1 amide bonds. The van der Waals surface area contributed by atoms with Crippen LogP contribution >= 0.6 is 11.3 Å². The van der Waals surface area contributed by atoms with Crippen LogP contribution in [0.5, 0.6) is 0 Å². The summed E-state index contributed by atoms with van der Waals surface area (Å²) in [5, 5.41) is 5.47. The number of nitrogens with zero attached hydrogens (tertiary/aromatic N) is 2. The van der Waals surface area contributed by atoms with Gasteiger partial charge in [0.2, 0.25) is 15.9 Å². The van der Waals surface area contributed by atoms with Crippen LogP contribution in [0.3, 0.4) is 0 Å². The maximum absolute atomic E-state index is 13.9. The Morgan fingerprint density at radius 3 is 2.67 bits per heavy atom. The van der Waals surface area contributed by atoms with Gasteiger partial charge in [-0.1, -0.05) is 0 Å². The molecule has 2 aromatic rings. The third-order valence-corrected chi connectivity index (χ3v) is 7.39. The predicted octanol–water partition coefficient (Wildman–Crippen LogP) is 2.63. The molecule has 2 heterocycles. The van der Waals surface area contributed by atoms with Crippen molar-refractivity contribution >= 4 is 27.3 Å². The zero-order chi connectivity index (χ0) is 19.6. The zero-order valence-electron chi connectivity index (χ0n) is 14.6. The number of rotatable bonds is 5. The topological polar surface area (TPSA) is 79.4 Å². The summed E-state index contributed by atoms with van der Waals surface area (Å²) >= 11 is 1.48. The number of aromatic nitrogens is 1. The number of carbonyl (C=O) groups excluding carboxylic acids is 1. The second-order valence-corrected chi connectivity index (χ2v) is 9.14. The van der Waals surface area contributed by atoms with Crippen molar-refractivity contribution in [1.82, 2.24) is 14.6 Å². The van der Waals surface area contributed by atoms with Crippen molar-refractivity contribution in [3.05, 3.63) is 45.9 Å². The Morgan fingerprint density at radius 2 is 2.04 bits per heavy atom. The molecule has 3 rings (SSSR count). The van der Waals surface area contributed by atoms with Crippen molar-refractivity contribution in [2.45, 2.75) is 37.1 Å².